The summed E-state index contributed by atoms with van der Waals surface area (Å²) >= 11 is 0. The van der Waals surface area contributed by atoms with Crippen molar-refractivity contribution in [3.63, 3.8) is 0 Å². The fourth-order valence-corrected chi connectivity index (χ4v) is 16.2. The third-order valence-electron chi connectivity index (χ3n) is 24.0. The van der Waals surface area contributed by atoms with E-state index in [2.05, 4.69) is 371 Å². The monoisotopic (exact) mass is 2080 g/mol. The van der Waals surface area contributed by atoms with Crippen molar-refractivity contribution in [1.29, 1.82) is 0 Å². The lowest BCUT2D eigenvalue weighted by Gasteiger charge is -2.20. The Hall–Kier alpha value is -6.78. The van der Waals surface area contributed by atoms with Gasteiger partial charge in [-0.2, -0.15) is 0 Å². The second-order valence-corrected chi connectivity index (χ2v) is 59.3. The molecule has 0 fully saturated rings. The van der Waals surface area contributed by atoms with E-state index in [1.807, 2.05) is 72.8 Å². The Kier molecular flexibility index (Phi) is 72.0. The molecule has 1 amide bonds. The van der Waals surface area contributed by atoms with Crippen LogP contribution in [-0.4, -0.2) is 106 Å². The Morgan fingerprint density at radius 2 is 0.530 bits per heavy atom. The van der Waals surface area contributed by atoms with Crippen molar-refractivity contribution in [3.05, 3.63) is 65.8 Å². The number of aryl methyl sites for hydroxylation is 5. The van der Waals surface area contributed by atoms with E-state index in [9.17, 15) is 14.4 Å². The summed E-state index contributed by atoms with van der Waals surface area (Å²) in [6.07, 6.45) is 67.6. The van der Waals surface area contributed by atoms with E-state index in [1.54, 1.807) is 0 Å². The molecule has 19 heteroatoms. The van der Waals surface area contributed by atoms with Crippen LogP contribution in [0.1, 0.15) is 589 Å². The highest BCUT2D eigenvalue weighted by atomic mass is 16.2. The molecule has 5 aromatic rings. The molecule has 0 saturated heterocycles. The molecular weight excluding hydrogens is 1830 g/mol. The summed E-state index contributed by atoms with van der Waals surface area (Å²) in [7, 11) is 0. The van der Waals surface area contributed by atoms with Crippen molar-refractivity contribution < 1.29 is 14.4 Å². The van der Waals surface area contributed by atoms with Crippen LogP contribution in [0.15, 0.2) is 37.3 Å². The lowest BCUT2D eigenvalue weighted by Crippen LogP contribution is -2.36. The Bertz CT molecular complexity index is 4400. The van der Waals surface area contributed by atoms with Crippen LogP contribution in [-0.2, 0) is 79.2 Å². The van der Waals surface area contributed by atoms with Crippen LogP contribution < -0.4 is 10.6 Å². The van der Waals surface area contributed by atoms with Crippen LogP contribution in [0.2, 0.25) is 0 Å². The topological polar surface area (TPSA) is 216 Å². The number of rotatable bonds is 56. The molecule has 0 radical (unpaired) electrons. The van der Waals surface area contributed by atoms with Crippen LogP contribution in [0.4, 0.5) is 0 Å². The van der Waals surface area contributed by atoms with E-state index in [1.165, 1.54) is 198 Å². The molecule has 0 aliphatic carbocycles. The standard InChI is InChI=1S/C21H41NO2.C19H33N3.C19H36N2.C19H38O.C18H31N3.C17H34N4.C17H29N3/c1-20(2,3)17-19(24)22-16-14-12-10-8-7-9-11-13-15-18(23)21(4,5)6;1-18(2,3)13-11-9-7-8-10-12-14-22-16-17(20-21-22)15-19(4,5)6;1-18(2,3)12-10-8-7-9-11-13-21-16-20-15-17(21)14-19(4,5)6;1-18(2,3)16-14-12-10-8-7-9-11-13-15-17(20)19(4,5)6;1-17(2,3)12-10-8-7-9-11-13-21-15-16(19-20-21)14-18(4,5)6;1-16(2,3)13-15-14-21(20-19-15)12-10-8-7-9-11-18-17(4,5)6;1-16(2,3)11-9-7-8-10-12-20-14-15(18-19-20)13-17(4,5)6/h7-17H2,1-6H3,(H,22,24);16H,7-10,12,14-15H2,1-6H3;15-16H,7-14H2,1-6H3;7-16H2,1-6H3;15H,7-9,11,13-14H2,1-6H3;14,18H,7-13H2,1-6H3;14H,7-8,10,12-13H2,1-6H3. The summed E-state index contributed by atoms with van der Waals surface area (Å²) in [5, 5.41) is 40.4. The van der Waals surface area contributed by atoms with Gasteiger partial charge >= 0.3 is 0 Å². The zero-order valence-corrected chi connectivity index (χ0v) is 106. The predicted octanol–water partition coefficient (Wildman–Crippen LogP) is 35.3. The number of nitrogens with zero attached hydrogens (tertiary/aromatic N) is 14. The van der Waals surface area contributed by atoms with Crippen molar-refractivity contribution >= 4 is 17.5 Å². The first kappa shape index (κ1) is 144. The minimum atomic E-state index is -0.178. The number of hydrogen-bond donors (Lipinski definition) is 2. The summed E-state index contributed by atoms with van der Waals surface area (Å²) in [5.41, 5.74) is 8.58. The maximum absolute atomic E-state index is 11.8. The molecule has 149 heavy (non-hydrogen) atoms. The predicted molar refractivity (Wildman–Crippen MR) is 642 cm³/mol. The number of ketones is 2. The van der Waals surface area contributed by atoms with E-state index in [-0.39, 0.29) is 65.6 Å². The van der Waals surface area contributed by atoms with Gasteiger partial charge in [0, 0.05) is 147 Å². The van der Waals surface area contributed by atoms with E-state index >= 15 is 0 Å². The Morgan fingerprint density at radius 3 is 0.812 bits per heavy atom. The van der Waals surface area contributed by atoms with Crippen LogP contribution in [0.3, 0.4) is 0 Å². The maximum Gasteiger partial charge on any atom is 0.220 e. The maximum atomic E-state index is 11.8. The van der Waals surface area contributed by atoms with Gasteiger partial charge in [-0.15, -0.1) is 38.2 Å². The minimum absolute atomic E-state index is 0.0710. The molecule has 0 atom stereocenters. The highest BCUT2D eigenvalue weighted by molar-refractivity contribution is 5.84. The van der Waals surface area contributed by atoms with Crippen LogP contribution in [0, 0.1) is 106 Å². The number of Topliss-reactive ketones (excluding diaryl/α,β-unsaturated/α-hetero) is 2. The lowest BCUT2D eigenvalue weighted by atomic mass is 9.87. The molecule has 0 aliphatic rings. The molecule has 0 saturated carbocycles. The van der Waals surface area contributed by atoms with Gasteiger partial charge in [0.25, 0.3) is 0 Å². The quantitative estimate of drug-likeness (QED) is 0.0274. The number of hydrogen-bond acceptors (Lipinski definition) is 13. The van der Waals surface area contributed by atoms with Crippen molar-refractivity contribution in [2.45, 2.75) is 631 Å². The number of unbranched alkanes of at least 4 members (excludes halogenated alkanes) is 30. The van der Waals surface area contributed by atoms with Crippen LogP contribution in [0.25, 0.3) is 0 Å². The number of aromatic nitrogens is 14. The Balaban J connectivity index is 0. The van der Waals surface area contributed by atoms with Gasteiger partial charge in [-0.1, -0.05) is 388 Å². The Morgan fingerprint density at radius 1 is 0.275 bits per heavy atom. The minimum Gasteiger partial charge on any atom is -0.356 e. The van der Waals surface area contributed by atoms with Gasteiger partial charge < -0.3 is 15.2 Å². The molecule has 0 aliphatic heterocycles. The summed E-state index contributed by atoms with van der Waals surface area (Å²) in [4.78, 5) is 39.5. The van der Waals surface area contributed by atoms with E-state index in [4.69, 9.17) is 0 Å². The smallest absolute Gasteiger partial charge is 0.220 e. The molecule has 19 nitrogen and oxygen atoms in total. The largest absolute Gasteiger partial charge is 0.356 e. The first-order valence-electron chi connectivity index (χ1n) is 59.6. The Labute approximate surface area is 922 Å². The third kappa shape index (κ3) is 101. The van der Waals surface area contributed by atoms with Crippen molar-refractivity contribution in [3.8, 4) is 35.5 Å². The van der Waals surface area contributed by atoms with Gasteiger partial charge in [-0.25, -0.2) is 4.98 Å². The van der Waals surface area contributed by atoms with Crippen LogP contribution >= 0.6 is 0 Å². The van der Waals surface area contributed by atoms with Gasteiger partial charge in [-0.3, -0.25) is 33.1 Å². The fourth-order valence-electron chi connectivity index (χ4n) is 16.2. The highest BCUT2D eigenvalue weighted by Gasteiger charge is 2.25. The molecule has 5 heterocycles. The highest BCUT2D eigenvalue weighted by Crippen LogP contribution is 2.30. The second-order valence-electron chi connectivity index (χ2n) is 59.3. The summed E-state index contributed by atoms with van der Waals surface area (Å²) in [5.74, 6) is 20.6. The summed E-state index contributed by atoms with van der Waals surface area (Å²) in [6, 6.07) is 0. The number of carbonyl (C=O) groups is 3. The van der Waals surface area contributed by atoms with Crippen molar-refractivity contribution in [2.24, 2.45) is 70.4 Å². The first-order valence-corrected chi connectivity index (χ1v) is 59.6. The molecule has 0 aromatic carbocycles. The summed E-state index contributed by atoms with van der Waals surface area (Å²) in [6.45, 7) is 98.9. The molecule has 0 unspecified atom stereocenters. The fraction of sp³-hybridized carbons (Fsp3) is 0.846. The molecular formula is C130H242N16O3. The van der Waals surface area contributed by atoms with E-state index in [0.717, 1.165) is 171 Å². The van der Waals surface area contributed by atoms with Crippen LogP contribution in [0.5, 0.6) is 0 Å². The molecule has 5 rings (SSSR count). The zero-order valence-electron chi connectivity index (χ0n) is 106. The lowest BCUT2D eigenvalue weighted by molar-refractivity contribution is -0.127. The number of amides is 1. The number of imidazole rings is 1. The molecule has 860 valence electrons. The van der Waals surface area contributed by atoms with Gasteiger partial charge in [0.1, 0.15) is 11.6 Å². The average Bonchev–Trinajstić information content (AvgIpc) is 1.74. The number of carbonyl (C=O) groups excluding carboxylic acids is 3. The molecule has 5 aromatic heterocycles. The third-order valence-corrected chi connectivity index (χ3v) is 24.0. The number of nitrogens with one attached hydrogen (secondary N) is 2. The SMILES string of the molecule is CC(C)(C)C#CCCCCCCn1cc(CC(C)(C)C)nn1.CC(C)(C)C#CCCCCCn1cc(CC(C)(C)C)nn1.CC(C)(C)C#CCCCCn1cc(CC(C)(C)C)nn1.CC(C)(C)CC(=O)NCCCCCCCCCCC(=O)C(C)(C)C.CC(C)(C)CCCCCCCCCCC(=O)C(C)(C)C.CC(C)(C)CCCCCCCn1cncc1CC(C)(C)C.CC(C)(C)Cc1cn(CCCCCCNC(C)(C)C)nn1. The van der Waals surface area contributed by atoms with Gasteiger partial charge in [-0.05, 0) is 255 Å². The van der Waals surface area contributed by atoms with E-state index < -0.39 is 0 Å². The normalized spacial score (nSPS) is 12.4. The molecule has 0 spiro atoms. The van der Waals surface area contributed by atoms with Crippen molar-refractivity contribution in [1.82, 2.24) is 80.2 Å². The van der Waals surface area contributed by atoms with E-state index in [0.29, 0.717) is 34.2 Å². The second kappa shape index (κ2) is 74.4. The van der Waals surface area contributed by atoms with Gasteiger partial charge in [0.05, 0.1) is 29.1 Å². The van der Waals surface area contributed by atoms with Gasteiger partial charge in [0.2, 0.25) is 5.91 Å². The zero-order chi connectivity index (χ0) is 114. The van der Waals surface area contributed by atoms with Gasteiger partial charge in [0.15, 0.2) is 0 Å². The average molecular weight is 2080 g/mol. The molecule has 0 bridgehead atoms. The molecule has 2 N–H and O–H groups in total. The summed E-state index contributed by atoms with van der Waals surface area (Å²) < 4.78 is 10.3. The van der Waals surface area contributed by atoms with Crippen molar-refractivity contribution in [2.75, 3.05) is 13.1 Å². The first-order chi connectivity index (χ1) is 68.4.